The van der Waals surface area contributed by atoms with Crippen LogP contribution in [0.2, 0.25) is 0 Å². The Hall–Kier alpha value is -3.86. The van der Waals surface area contributed by atoms with Crippen LogP contribution in [0.4, 0.5) is 22.9 Å². The highest BCUT2D eigenvalue weighted by atomic mass is 16.3. The number of hydrogen-bond acceptors (Lipinski definition) is 5. The molecule has 5 aromatic rings. The smallest absolute Gasteiger partial charge is 0.227 e. The lowest BCUT2D eigenvalue weighted by atomic mass is 10.1. The summed E-state index contributed by atoms with van der Waals surface area (Å²) in [6.07, 6.45) is 3.65. The average molecular weight is 392 g/mol. The first-order valence-electron chi connectivity index (χ1n) is 10.1. The molecule has 0 saturated carbocycles. The van der Waals surface area contributed by atoms with Crippen molar-refractivity contribution in [2.45, 2.75) is 20.0 Å². The van der Waals surface area contributed by atoms with E-state index in [-0.39, 0.29) is 6.17 Å². The number of pyridine rings is 2. The van der Waals surface area contributed by atoms with Crippen LogP contribution < -0.4 is 9.80 Å². The summed E-state index contributed by atoms with van der Waals surface area (Å²) in [5, 5.41) is 2.10. The highest BCUT2D eigenvalue weighted by Gasteiger charge is 2.38. The third-order valence-electron chi connectivity index (χ3n) is 5.87. The van der Waals surface area contributed by atoms with Crippen LogP contribution in [0.15, 0.2) is 83.5 Å². The van der Waals surface area contributed by atoms with E-state index < -0.39 is 0 Å². The SMILES string of the molecule is Cc1ccc2c(oc3ncccc32)c1N1c2ncccc2N(c2ccccc2)C1C. The van der Waals surface area contributed by atoms with Gasteiger partial charge >= 0.3 is 0 Å². The van der Waals surface area contributed by atoms with Crippen LogP contribution in [0.1, 0.15) is 12.5 Å². The molecular formula is C25H20N4O. The molecule has 2 aromatic carbocycles. The fourth-order valence-electron chi connectivity index (χ4n) is 4.55. The monoisotopic (exact) mass is 392 g/mol. The van der Waals surface area contributed by atoms with Crippen LogP contribution in [-0.2, 0) is 0 Å². The molecule has 3 aromatic heterocycles. The number of hydrogen-bond donors (Lipinski definition) is 0. The third kappa shape index (κ3) is 2.29. The predicted octanol–water partition coefficient (Wildman–Crippen LogP) is 6.32. The number of fused-ring (bicyclic) bond motifs is 4. The van der Waals surface area contributed by atoms with Crippen molar-refractivity contribution in [3.05, 3.63) is 84.7 Å². The van der Waals surface area contributed by atoms with E-state index in [0.29, 0.717) is 5.71 Å². The number of nitrogens with zero attached hydrogens (tertiary/aromatic N) is 4. The minimum absolute atomic E-state index is 0.0303. The molecule has 30 heavy (non-hydrogen) atoms. The first-order chi connectivity index (χ1) is 14.7. The number of aromatic nitrogens is 2. The molecule has 1 aliphatic heterocycles. The van der Waals surface area contributed by atoms with Gasteiger partial charge in [-0.15, -0.1) is 0 Å². The molecule has 0 amide bonds. The Morgan fingerprint density at radius 2 is 1.60 bits per heavy atom. The van der Waals surface area contributed by atoms with E-state index in [1.54, 1.807) is 6.20 Å². The van der Waals surface area contributed by atoms with Crippen molar-refractivity contribution in [2.75, 3.05) is 9.80 Å². The molecule has 0 radical (unpaired) electrons. The summed E-state index contributed by atoms with van der Waals surface area (Å²) in [4.78, 5) is 13.8. The Balaban J connectivity index is 1.63. The number of anilines is 4. The zero-order valence-corrected chi connectivity index (χ0v) is 16.8. The first-order valence-corrected chi connectivity index (χ1v) is 10.1. The normalized spacial score (nSPS) is 15.9. The van der Waals surface area contributed by atoms with E-state index in [2.05, 4.69) is 77.2 Å². The van der Waals surface area contributed by atoms with Gasteiger partial charge in [0.25, 0.3) is 0 Å². The van der Waals surface area contributed by atoms with Gasteiger partial charge in [-0.25, -0.2) is 9.97 Å². The van der Waals surface area contributed by atoms with Gasteiger partial charge in [0.05, 0.1) is 11.4 Å². The molecule has 0 spiro atoms. The Labute approximate surface area is 174 Å². The fraction of sp³-hybridized carbons (Fsp3) is 0.120. The summed E-state index contributed by atoms with van der Waals surface area (Å²) in [5.74, 6) is 0.929. The lowest BCUT2D eigenvalue weighted by Crippen LogP contribution is -2.35. The molecular weight excluding hydrogens is 372 g/mol. The predicted molar refractivity (Wildman–Crippen MR) is 121 cm³/mol. The second-order valence-corrected chi connectivity index (χ2v) is 7.62. The minimum Gasteiger partial charge on any atom is -0.435 e. The van der Waals surface area contributed by atoms with E-state index >= 15 is 0 Å². The molecule has 4 heterocycles. The molecule has 0 aliphatic carbocycles. The summed E-state index contributed by atoms with van der Waals surface area (Å²) < 4.78 is 6.28. The minimum atomic E-state index is 0.0303. The van der Waals surface area contributed by atoms with E-state index in [1.165, 1.54) is 0 Å². The number of rotatable bonds is 2. The lowest BCUT2D eigenvalue weighted by Gasteiger charge is -2.30. The van der Waals surface area contributed by atoms with Crippen LogP contribution in [0, 0.1) is 6.92 Å². The van der Waals surface area contributed by atoms with Gasteiger partial charge in [0.1, 0.15) is 6.17 Å². The van der Waals surface area contributed by atoms with Crippen LogP contribution >= 0.6 is 0 Å². The van der Waals surface area contributed by atoms with Gasteiger partial charge in [-0.05, 0) is 55.8 Å². The zero-order chi connectivity index (χ0) is 20.2. The number of benzene rings is 2. The van der Waals surface area contributed by atoms with Crippen LogP contribution in [0.5, 0.6) is 0 Å². The summed E-state index contributed by atoms with van der Waals surface area (Å²) >= 11 is 0. The van der Waals surface area contributed by atoms with Crippen molar-refractivity contribution >= 4 is 44.9 Å². The van der Waals surface area contributed by atoms with Crippen molar-refractivity contribution < 1.29 is 4.42 Å². The highest BCUT2D eigenvalue weighted by Crippen LogP contribution is 2.49. The Kier molecular flexibility index (Phi) is 3.59. The van der Waals surface area contributed by atoms with Gasteiger partial charge in [0.2, 0.25) is 5.71 Å². The van der Waals surface area contributed by atoms with E-state index in [9.17, 15) is 0 Å². The van der Waals surface area contributed by atoms with Gasteiger partial charge in [-0.1, -0.05) is 30.3 Å². The summed E-state index contributed by atoms with van der Waals surface area (Å²) in [7, 11) is 0. The second-order valence-electron chi connectivity index (χ2n) is 7.62. The van der Waals surface area contributed by atoms with Crippen LogP contribution in [-0.4, -0.2) is 16.1 Å². The standard InChI is InChI=1S/C25H20N4O/c1-16-12-13-19-20-10-6-15-27-25(20)30-23(19)22(16)29-17(2)28(18-8-4-3-5-9-18)21-11-7-14-26-24(21)29/h3-15,17H,1-2H3. The molecule has 0 saturated heterocycles. The Bertz CT molecular complexity index is 1390. The Morgan fingerprint density at radius 3 is 2.47 bits per heavy atom. The average Bonchev–Trinajstić information content (AvgIpc) is 3.29. The van der Waals surface area contributed by atoms with Gasteiger partial charge in [-0.3, -0.25) is 4.90 Å². The molecule has 5 heteroatoms. The fourth-order valence-corrected chi connectivity index (χ4v) is 4.55. The molecule has 0 bridgehead atoms. The third-order valence-corrected chi connectivity index (χ3v) is 5.87. The maximum absolute atomic E-state index is 6.28. The molecule has 0 N–H and O–H groups in total. The Morgan fingerprint density at radius 1 is 0.800 bits per heavy atom. The summed E-state index contributed by atoms with van der Waals surface area (Å²) in [6, 6.07) is 22.8. The first kappa shape index (κ1) is 17.0. The highest BCUT2D eigenvalue weighted by molar-refractivity contribution is 6.09. The van der Waals surface area contributed by atoms with Crippen molar-refractivity contribution in [3.8, 4) is 0 Å². The van der Waals surface area contributed by atoms with Gasteiger partial charge in [0.15, 0.2) is 11.4 Å². The molecule has 6 rings (SSSR count). The van der Waals surface area contributed by atoms with Gasteiger partial charge in [0, 0.05) is 28.9 Å². The maximum Gasteiger partial charge on any atom is 0.227 e. The summed E-state index contributed by atoms with van der Waals surface area (Å²) in [5.41, 5.74) is 5.91. The maximum atomic E-state index is 6.28. The topological polar surface area (TPSA) is 45.4 Å². The molecule has 1 unspecified atom stereocenters. The van der Waals surface area contributed by atoms with Gasteiger partial charge < -0.3 is 9.32 Å². The lowest BCUT2D eigenvalue weighted by molar-refractivity contribution is 0.649. The number of aryl methyl sites for hydroxylation is 1. The molecule has 1 aliphatic rings. The van der Waals surface area contributed by atoms with Crippen molar-refractivity contribution in [1.29, 1.82) is 0 Å². The number of furan rings is 1. The largest absolute Gasteiger partial charge is 0.435 e. The zero-order valence-electron chi connectivity index (χ0n) is 16.8. The molecule has 5 nitrogen and oxygen atoms in total. The van der Waals surface area contributed by atoms with Crippen LogP contribution in [0.3, 0.4) is 0 Å². The molecule has 1 atom stereocenters. The quantitative estimate of drug-likeness (QED) is 0.352. The van der Waals surface area contributed by atoms with E-state index in [0.717, 1.165) is 44.8 Å². The van der Waals surface area contributed by atoms with Gasteiger partial charge in [-0.2, -0.15) is 0 Å². The van der Waals surface area contributed by atoms with E-state index in [4.69, 9.17) is 9.40 Å². The summed E-state index contributed by atoms with van der Waals surface area (Å²) in [6.45, 7) is 4.32. The van der Waals surface area contributed by atoms with E-state index in [1.807, 2.05) is 24.4 Å². The van der Waals surface area contributed by atoms with Crippen molar-refractivity contribution in [3.63, 3.8) is 0 Å². The van der Waals surface area contributed by atoms with Crippen molar-refractivity contribution in [1.82, 2.24) is 9.97 Å². The molecule has 146 valence electrons. The second kappa shape index (κ2) is 6.32. The number of para-hydroxylation sites is 1. The van der Waals surface area contributed by atoms with Crippen LogP contribution in [0.25, 0.3) is 22.1 Å². The van der Waals surface area contributed by atoms with Crippen molar-refractivity contribution in [2.24, 2.45) is 0 Å². The molecule has 0 fully saturated rings.